The number of carbonyl (C=O) groups excluding carboxylic acids is 1. The monoisotopic (exact) mass is 442 g/mol. The average Bonchev–Trinajstić information content (AvgIpc) is 2.94. The summed E-state index contributed by atoms with van der Waals surface area (Å²) in [5.41, 5.74) is 0.458. The average molecular weight is 442 g/mol. The van der Waals surface area contributed by atoms with E-state index in [9.17, 15) is 26.0 Å². The molecule has 0 aliphatic carbocycles. The minimum Gasteiger partial charge on any atom is -0.492 e. The topological polar surface area (TPSA) is 110 Å². The van der Waals surface area contributed by atoms with E-state index in [0.717, 1.165) is 6.07 Å². The molecule has 0 aromatic heterocycles. The van der Waals surface area contributed by atoms with Gasteiger partial charge in [-0.2, -0.15) is 0 Å². The molecule has 29 heavy (non-hydrogen) atoms. The van der Waals surface area contributed by atoms with Crippen LogP contribution < -0.4 is 13.8 Å². The Morgan fingerprint density at radius 3 is 2.45 bits per heavy atom. The van der Waals surface area contributed by atoms with Crippen LogP contribution in [0.15, 0.2) is 47.4 Å². The molecule has 0 unspecified atom stereocenters. The third-order valence-electron chi connectivity index (χ3n) is 4.21. The highest BCUT2D eigenvalue weighted by Crippen LogP contribution is 2.32. The molecule has 11 heteroatoms. The van der Waals surface area contributed by atoms with Gasteiger partial charge in [-0.05, 0) is 42.8 Å². The third kappa shape index (κ3) is 4.57. The number of halogens is 1. The molecule has 1 heterocycles. The highest BCUT2D eigenvalue weighted by atomic mass is 32.2. The first kappa shape index (κ1) is 21.2. The largest absolute Gasteiger partial charge is 0.492 e. The molecule has 0 saturated carbocycles. The molecule has 3 rings (SSSR count). The SMILES string of the molecule is CCOc1ccc(N2C(=O)CCS2(=O)=O)cc1S(=O)(=O)NCc1ccc(F)cc1. The second-order valence-electron chi connectivity index (χ2n) is 6.24. The van der Waals surface area contributed by atoms with Crippen molar-refractivity contribution in [3.63, 3.8) is 0 Å². The fourth-order valence-corrected chi connectivity index (χ4v) is 5.47. The lowest BCUT2D eigenvalue weighted by atomic mass is 10.2. The van der Waals surface area contributed by atoms with Crippen LogP contribution in [-0.2, 0) is 31.4 Å². The lowest BCUT2D eigenvalue weighted by Gasteiger charge is -2.18. The Morgan fingerprint density at radius 1 is 1.17 bits per heavy atom. The Labute approximate surface area is 168 Å². The Balaban J connectivity index is 1.96. The molecule has 0 spiro atoms. The summed E-state index contributed by atoms with van der Waals surface area (Å²) in [5, 5.41) is 0. The van der Waals surface area contributed by atoms with Crippen LogP contribution in [0.5, 0.6) is 5.75 Å². The van der Waals surface area contributed by atoms with E-state index >= 15 is 0 Å². The van der Waals surface area contributed by atoms with Crippen molar-refractivity contribution in [2.24, 2.45) is 0 Å². The Hall–Kier alpha value is -2.50. The molecule has 2 aromatic rings. The van der Waals surface area contributed by atoms with E-state index in [1.54, 1.807) is 6.92 Å². The van der Waals surface area contributed by atoms with E-state index in [0.29, 0.717) is 9.87 Å². The van der Waals surface area contributed by atoms with Crippen LogP contribution in [0.3, 0.4) is 0 Å². The van der Waals surface area contributed by atoms with Gasteiger partial charge in [0, 0.05) is 13.0 Å². The third-order valence-corrected chi connectivity index (χ3v) is 7.32. The van der Waals surface area contributed by atoms with Crippen molar-refractivity contribution < 1.29 is 30.8 Å². The molecule has 0 bridgehead atoms. The van der Waals surface area contributed by atoms with E-state index in [1.807, 2.05) is 0 Å². The molecule has 1 aliphatic rings. The summed E-state index contributed by atoms with van der Waals surface area (Å²) in [6.07, 6.45) is -0.166. The first-order chi connectivity index (χ1) is 13.6. The second kappa shape index (κ2) is 8.09. The van der Waals surface area contributed by atoms with Crippen LogP contribution in [-0.4, -0.2) is 35.1 Å². The first-order valence-corrected chi connectivity index (χ1v) is 11.8. The highest BCUT2D eigenvalue weighted by molar-refractivity contribution is 7.94. The molecule has 8 nitrogen and oxygen atoms in total. The maximum absolute atomic E-state index is 13.0. The molecule has 1 amide bonds. The van der Waals surface area contributed by atoms with Crippen LogP contribution in [0.2, 0.25) is 0 Å². The van der Waals surface area contributed by atoms with Crippen molar-refractivity contribution in [1.29, 1.82) is 0 Å². The smallest absolute Gasteiger partial charge is 0.244 e. The van der Waals surface area contributed by atoms with Crippen molar-refractivity contribution in [2.45, 2.75) is 24.8 Å². The minimum atomic E-state index is -4.13. The summed E-state index contributed by atoms with van der Waals surface area (Å²) in [5.74, 6) is -1.38. The summed E-state index contributed by atoms with van der Waals surface area (Å²) >= 11 is 0. The van der Waals surface area contributed by atoms with Gasteiger partial charge in [0.05, 0.1) is 18.0 Å². The summed E-state index contributed by atoms with van der Waals surface area (Å²) in [6, 6.07) is 9.02. The van der Waals surface area contributed by atoms with Crippen molar-refractivity contribution in [1.82, 2.24) is 4.72 Å². The number of anilines is 1. The highest BCUT2D eigenvalue weighted by Gasteiger charge is 2.37. The maximum Gasteiger partial charge on any atom is 0.244 e. The van der Waals surface area contributed by atoms with Crippen LogP contribution >= 0.6 is 0 Å². The van der Waals surface area contributed by atoms with Crippen LogP contribution in [0, 0.1) is 5.82 Å². The van der Waals surface area contributed by atoms with Gasteiger partial charge < -0.3 is 4.74 Å². The van der Waals surface area contributed by atoms with Gasteiger partial charge in [-0.3, -0.25) is 4.79 Å². The predicted molar refractivity (Wildman–Crippen MR) is 104 cm³/mol. The number of sulfonamides is 2. The summed E-state index contributed by atoms with van der Waals surface area (Å²) in [4.78, 5) is 11.7. The van der Waals surface area contributed by atoms with E-state index < -0.39 is 31.8 Å². The van der Waals surface area contributed by atoms with Gasteiger partial charge in [-0.15, -0.1) is 0 Å². The van der Waals surface area contributed by atoms with Gasteiger partial charge in [-0.1, -0.05) is 12.1 Å². The number of rotatable bonds is 7. The number of hydrogen-bond donors (Lipinski definition) is 1. The lowest BCUT2D eigenvalue weighted by Crippen LogP contribution is -2.30. The van der Waals surface area contributed by atoms with Gasteiger partial charge in [0.15, 0.2) is 0 Å². The number of nitrogens with zero attached hydrogens (tertiary/aromatic N) is 1. The maximum atomic E-state index is 13.0. The van der Waals surface area contributed by atoms with Crippen LogP contribution in [0.4, 0.5) is 10.1 Å². The van der Waals surface area contributed by atoms with Crippen LogP contribution in [0.25, 0.3) is 0 Å². The van der Waals surface area contributed by atoms with Crippen LogP contribution in [0.1, 0.15) is 18.9 Å². The molecule has 1 saturated heterocycles. The normalized spacial score (nSPS) is 16.2. The number of nitrogens with one attached hydrogen (secondary N) is 1. The number of hydrogen-bond acceptors (Lipinski definition) is 6. The molecule has 0 radical (unpaired) electrons. The van der Waals surface area contributed by atoms with Gasteiger partial charge in [-0.25, -0.2) is 30.3 Å². The molecule has 2 aromatic carbocycles. The minimum absolute atomic E-state index is 0.0203. The first-order valence-electron chi connectivity index (χ1n) is 8.71. The van der Waals surface area contributed by atoms with E-state index in [1.165, 1.54) is 36.4 Å². The van der Waals surface area contributed by atoms with Gasteiger partial charge in [0.2, 0.25) is 26.0 Å². The van der Waals surface area contributed by atoms with Gasteiger partial charge in [0.25, 0.3) is 0 Å². The number of carbonyl (C=O) groups is 1. The zero-order valence-electron chi connectivity index (χ0n) is 15.5. The Kier molecular flexibility index (Phi) is 5.92. The van der Waals surface area contributed by atoms with Crippen molar-refractivity contribution >= 4 is 31.6 Å². The lowest BCUT2D eigenvalue weighted by molar-refractivity contribution is -0.116. The predicted octanol–water partition coefficient (Wildman–Crippen LogP) is 1.77. The fraction of sp³-hybridized carbons (Fsp3) is 0.278. The molecule has 1 aliphatic heterocycles. The molecule has 1 N–H and O–H groups in total. The standard InChI is InChI=1S/C18H19FN2O6S2/c1-2-27-16-8-7-15(21-18(22)9-10-28(21,23)24)11-17(16)29(25,26)20-12-13-3-5-14(19)6-4-13/h3-8,11,20H,2,9-10,12H2,1H3. The summed E-state index contributed by atoms with van der Waals surface area (Å²) in [7, 11) is -7.97. The zero-order chi connectivity index (χ0) is 21.2. The quantitative estimate of drug-likeness (QED) is 0.700. The molecule has 1 fully saturated rings. The Bertz CT molecular complexity index is 1130. The van der Waals surface area contributed by atoms with E-state index in [4.69, 9.17) is 4.74 Å². The second-order valence-corrected chi connectivity index (χ2v) is 9.91. The van der Waals surface area contributed by atoms with Crippen molar-refractivity contribution in [3.8, 4) is 5.75 Å². The Morgan fingerprint density at radius 2 is 1.86 bits per heavy atom. The van der Waals surface area contributed by atoms with Gasteiger partial charge in [0.1, 0.15) is 16.5 Å². The number of benzene rings is 2. The molecular weight excluding hydrogens is 423 g/mol. The van der Waals surface area contributed by atoms with Crippen molar-refractivity contribution in [3.05, 3.63) is 53.8 Å². The molecular formula is C18H19FN2O6S2. The van der Waals surface area contributed by atoms with E-state index in [2.05, 4.69) is 4.72 Å². The van der Waals surface area contributed by atoms with E-state index in [-0.39, 0.29) is 41.7 Å². The summed E-state index contributed by atoms with van der Waals surface area (Å²) in [6.45, 7) is 1.74. The van der Waals surface area contributed by atoms with Crippen molar-refractivity contribution in [2.75, 3.05) is 16.7 Å². The molecule has 0 atom stereocenters. The number of amides is 1. The summed E-state index contributed by atoms with van der Waals surface area (Å²) < 4.78 is 71.4. The molecule has 156 valence electrons. The fourth-order valence-electron chi connectivity index (χ4n) is 2.84. The van der Waals surface area contributed by atoms with Gasteiger partial charge >= 0.3 is 0 Å². The number of ether oxygens (including phenoxy) is 1. The zero-order valence-corrected chi connectivity index (χ0v) is 17.1.